The molecule has 0 N–H and O–H groups in total. The summed E-state index contributed by atoms with van der Waals surface area (Å²) in [7, 11) is 0. The molecule has 0 radical (unpaired) electrons. The summed E-state index contributed by atoms with van der Waals surface area (Å²) in [5.74, 6) is 0.111. The van der Waals surface area contributed by atoms with Gasteiger partial charge in [-0.1, -0.05) is 13.8 Å². The highest BCUT2D eigenvalue weighted by molar-refractivity contribution is 5.89. The molecule has 120 valence electrons. The molecule has 0 aromatic rings. The van der Waals surface area contributed by atoms with Crippen molar-refractivity contribution in [2.75, 3.05) is 19.8 Å². The van der Waals surface area contributed by atoms with E-state index in [1.54, 1.807) is 4.90 Å². The minimum Gasteiger partial charge on any atom is -0.444 e. The maximum Gasteiger partial charge on any atom is 0.410 e. The summed E-state index contributed by atoms with van der Waals surface area (Å²) in [5.41, 5.74) is -0.819. The Hall–Kier alpha value is -1.10. The normalized spacial score (nSPS) is 29.6. The van der Waals surface area contributed by atoms with Crippen molar-refractivity contribution >= 4 is 11.9 Å². The largest absolute Gasteiger partial charge is 0.444 e. The lowest BCUT2D eigenvalue weighted by molar-refractivity contribution is -0.131. The minimum absolute atomic E-state index is 0.132. The van der Waals surface area contributed by atoms with Gasteiger partial charge in [0.15, 0.2) is 0 Å². The molecule has 2 atom stereocenters. The second kappa shape index (κ2) is 5.59. The molecule has 0 aromatic heterocycles. The molecule has 0 spiro atoms. The summed E-state index contributed by atoms with van der Waals surface area (Å²) in [6.07, 6.45) is 1.35. The molecule has 0 aromatic carbocycles. The molecule has 1 saturated heterocycles. The van der Waals surface area contributed by atoms with Crippen LogP contribution in [0.15, 0.2) is 0 Å². The maximum absolute atomic E-state index is 12.5. The number of rotatable bonds is 1. The van der Waals surface area contributed by atoms with Crippen molar-refractivity contribution in [1.82, 2.24) is 4.90 Å². The SMILES string of the molecule is CC(C)(C)OC(=O)N1CCOCC1C1CCC(C)(C)C1=O. The highest BCUT2D eigenvalue weighted by Gasteiger charge is 2.47. The second-order valence-electron chi connectivity index (χ2n) is 7.71. The van der Waals surface area contributed by atoms with Crippen LogP contribution in [0.25, 0.3) is 0 Å². The number of ketones is 1. The summed E-state index contributed by atoms with van der Waals surface area (Å²) >= 11 is 0. The number of hydrogen-bond donors (Lipinski definition) is 0. The highest BCUT2D eigenvalue weighted by atomic mass is 16.6. The summed E-state index contributed by atoms with van der Waals surface area (Å²) in [4.78, 5) is 26.6. The van der Waals surface area contributed by atoms with E-state index in [1.165, 1.54) is 0 Å². The molecular formula is C16H27NO4. The Bertz CT molecular complexity index is 424. The highest BCUT2D eigenvalue weighted by Crippen LogP contribution is 2.40. The van der Waals surface area contributed by atoms with E-state index in [-0.39, 0.29) is 29.3 Å². The lowest BCUT2D eigenvalue weighted by atomic mass is 9.86. The molecule has 2 unspecified atom stereocenters. The zero-order valence-corrected chi connectivity index (χ0v) is 13.8. The van der Waals surface area contributed by atoms with Gasteiger partial charge in [-0.3, -0.25) is 9.69 Å². The molecule has 1 amide bonds. The number of ether oxygens (including phenoxy) is 2. The first-order chi connectivity index (χ1) is 9.62. The van der Waals surface area contributed by atoms with E-state index in [2.05, 4.69) is 0 Å². The van der Waals surface area contributed by atoms with Crippen LogP contribution in [0.4, 0.5) is 4.79 Å². The average molecular weight is 297 g/mol. The maximum atomic E-state index is 12.5. The summed E-state index contributed by atoms with van der Waals surface area (Å²) in [6.45, 7) is 10.9. The van der Waals surface area contributed by atoms with Crippen molar-refractivity contribution < 1.29 is 19.1 Å². The van der Waals surface area contributed by atoms with Gasteiger partial charge in [-0.05, 0) is 33.6 Å². The van der Waals surface area contributed by atoms with Gasteiger partial charge >= 0.3 is 6.09 Å². The lowest BCUT2D eigenvalue weighted by Gasteiger charge is -2.39. The van der Waals surface area contributed by atoms with E-state index in [0.29, 0.717) is 19.8 Å². The summed E-state index contributed by atoms with van der Waals surface area (Å²) in [5, 5.41) is 0. The zero-order valence-electron chi connectivity index (χ0n) is 13.8. The number of nitrogens with zero attached hydrogens (tertiary/aromatic N) is 1. The summed E-state index contributed by atoms with van der Waals surface area (Å²) < 4.78 is 11.0. The van der Waals surface area contributed by atoms with Gasteiger partial charge in [-0.25, -0.2) is 4.79 Å². The third-order valence-electron chi connectivity index (χ3n) is 4.34. The van der Waals surface area contributed by atoms with Gasteiger partial charge in [0, 0.05) is 17.9 Å². The molecule has 21 heavy (non-hydrogen) atoms. The fourth-order valence-electron chi connectivity index (χ4n) is 3.14. The fourth-order valence-corrected chi connectivity index (χ4v) is 3.14. The van der Waals surface area contributed by atoms with Crippen molar-refractivity contribution in [1.29, 1.82) is 0 Å². The molecule has 1 aliphatic carbocycles. The van der Waals surface area contributed by atoms with Crippen LogP contribution >= 0.6 is 0 Å². The number of carbonyl (C=O) groups is 2. The predicted octanol–water partition coefficient (Wildman–Crippen LogP) is 2.63. The van der Waals surface area contributed by atoms with Crippen LogP contribution in [0.3, 0.4) is 0 Å². The van der Waals surface area contributed by atoms with Gasteiger partial charge < -0.3 is 9.47 Å². The first kappa shape index (κ1) is 16.3. The van der Waals surface area contributed by atoms with E-state index >= 15 is 0 Å². The Morgan fingerprint density at radius 2 is 2.05 bits per heavy atom. The predicted molar refractivity (Wildman–Crippen MR) is 79.1 cm³/mol. The standard InChI is InChI=1S/C16H27NO4/c1-15(2,3)21-14(19)17-8-9-20-10-12(17)11-6-7-16(4,5)13(11)18/h11-12H,6-10H2,1-5H3. The van der Waals surface area contributed by atoms with Crippen LogP contribution in [-0.4, -0.2) is 48.2 Å². The number of carbonyl (C=O) groups excluding carboxylic acids is 2. The number of morpholine rings is 1. The third kappa shape index (κ3) is 3.57. The number of Topliss-reactive ketones (excluding diaryl/α,β-unsaturated/α-hetero) is 1. The van der Waals surface area contributed by atoms with Crippen molar-refractivity contribution in [3.63, 3.8) is 0 Å². The Morgan fingerprint density at radius 3 is 2.57 bits per heavy atom. The van der Waals surface area contributed by atoms with Gasteiger partial charge in [0.1, 0.15) is 11.4 Å². The van der Waals surface area contributed by atoms with E-state index in [4.69, 9.17) is 9.47 Å². The first-order valence-electron chi connectivity index (χ1n) is 7.73. The second-order valence-corrected chi connectivity index (χ2v) is 7.71. The van der Waals surface area contributed by atoms with Crippen molar-refractivity contribution in [2.45, 2.75) is 59.1 Å². The van der Waals surface area contributed by atoms with Crippen LogP contribution in [-0.2, 0) is 14.3 Å². The molecule has 2 aliphatic rings. The molecule has 5 nitrogen and oxygen atoms in total. The van der Waals surface area contributed by atoms with Gasteiger partial charge in [0.05, 0.1) is 19.3 Å². The molecule has 2 rings (SSSR count). The molecule has 0 bridgehead atoms. The number of amides is 1. The quantitative estimate of drug-likeness (QED) is 0.746. The Kier molecular flexibility index (Phi) is 4.34. The third-order valence-corrected chi connectivity index (χ3v) is 4.34. The Balaban J connectivity index is 2.13. The Morgan fingerprint density at radius 1 is 1.38 bits per heavy atom. The molecule has 1 saturated carbocycles. The monoisotopic (exact) mass is 297 g/mol. The Labute approximate surface area is 127 Å². The van der Waals surface area contributed by atoms with E-state index in [9.17, 15) is 9.59 Å². The first-order valence-corrected chi connectivity index (χ1v) is 7.73. The molecule has 1 heterocycles. The van der Waals surface area contributed by atoms with Crippen molar-refractivity contribution in [3.8, 4) is 0 Å². The van der Waals surface area contributed by atoms with Crippen molar-refractivity contribution in [2.24, 2.45) is 11.3 Å². The molecule has 2 fully saturated rings. The van der Waals surface area contributed by atoms with Gasteiger partial charge in [-0.15, -0.1) is 0 Å². The van der Waals surface area contributed by atoms with Gasteiger partial charge in [-0.2, -0.15) is 0 Å². The van der Waals surface area contributed by atoms with E-state index in [0.717, 1.165) is 12.8 Å². The van der Waals surface area contributed by atoms with Crippen LogP contribution in [0.5, 0.6) is 0 Å². The van der Waals surface area contributed by atoms with Crippen LogP contribution in [0, 0.1) is 11.3 Å². The van der Waals surface area contributed by atoms with Crippen LogP contribution in [0.1, 0.15) is 47.5 Å². The topological polar surface area (TPSA) is 55.8 Å². The summed E-state index contributed by atoms with van der Waals surface area (Å²) in [6, 6.07) is -0.192. The number of hydrogen-bond acceptors (Lipinski definition) is 4. The van der Waals surface area contributed by atoms with Crippen LogP contribution in [0.2, 0.25) is 0 Å². The minimum atomic E-state index is -0.529. The van der Waals surface area contributed by atoms with E-state index < -0.39 is 5.60 Å². The lowest BCUT2D eigenvalue weighted by Crippen LogP contribution is -2.54. The van der Waals surface area contributed by atoms with Gasteiger partial charge in [0.2, 0.25) is 0 Å². The molecular weight excluding hydrogens is 270 g/mol. The van der Waals surface area contributed by atoms with Crippen LogP contribution < -0.4 is 0 Å². The zero-order chi connectivity index (χ0) is 15.8. The average Bonchev–Trinajstić information content (AvgIpc) is 2.62. The van der Waals surface area contributed by atoms with Crippen molar-refractivity contribution in [3.05, 3.63) is 0 Å². The smallest absolute Gasteiger partial charge is 0.410 e. The van der Waals surface area contributed by atoms with E-state index in [1.807, 2.05) is 34.6 Å². The molecule has 5 heteroatoms. The molecule has 1 aliphatic heterocycles. The fraction of sp³-hybridized carbons (Fsp3) is 0.875. The van der Waals surface area contributed by atoms with Gasteiger partial charge in [0.25, 0.3) is 0 Å².